The second-order valence-corrected chi connectivity index (χ2v) is 5.36. The number of hydrogen-bond donors (Lipinski definition) is 1. The van der Waals surface area contributed by atoms with Crippen molar-refractivity contribution in [2.75, 3.05) is 0 Å². The minimum atomic E-state index is -0.550. The number of imide groups is 1. The fourth-order valence-corrected chi connectivity index (χ4v) is 2.83. The largest absolute Gasteiger partial charge is 0.314 e. The average molecular weight is 310 g/mol. The van der Waals surface area contributed by atoms with Gasteiger partial charge in [0.2, 0.25) is 11.8 Å². The summed E-state index contributed by atoms with van der Waals surface area (Å²) in [6, 6.07) is 2.44. The van der Waals surface area contributed by atoms with Gasteiger partial charge in [-0.1, -0.05) is 0 Å². The zero-order valence-corrected chi connectivity index (χ0v) is 12.1. The molecule has 1 unspecified atom stereocenters. The minimum absolute atomic E-state index is 0.104. The number of carbonyl (C=O) groups excluding carboxylic acids is 2. The third-order valence-corrected chi connectivity index (χ3v) is 3.92. The summed E-state index contributed by atoms with van der Waals surface area (Å²) in [5.74, 6) is -0.412. The van der Waals surface area contributed by atoms with Gasteiger partial charge in [-0.05, 0) is 25.0 Å². The monoisotopic (exact) mass is 309 g/mol. The van der Waals surface area contributed by atoms with Crippen molar-refractivity contribution in [3.05, 3.63) is 29.3 Å². The molecule has 1 aromatic heterocycles. The van der Waals surface area contributed by atoms with E-state index in [1.807, 2.05) is 0 Å². The molecule has 2 aromatic rings. The van der Waals surface area contributed by atoms with Crippen LogP contribution in [0.25, 0.3) is 11.0 Å². The lowest BCUT2D eigenvalue weighted by Gasteiger charge is -2.24. The van der Waals surface area contributed by atoms with Gasteiger partial charge in [-0.3, -0.25) is 14.9 Å². The van der Waals surface area contributed by atoms with Gasteiger partial charge in [0, 0.05) is 12.5 Å². The maximum Gasteiger partial charge on any atom is 0.249 e. The molecule has 0 radical (unpaired) electrons. The van der Waals surface area contributed by atoms with Crippen LogP contribution in [0.15, 0.2) is 12.1 Å². The molecule has 5 nitrogen and oxygen atoms in total. The van der Waals surface area contributed by atoms with Crippen molar-refractivity contribution in [1.82, 2.24) is 14.9 Å². The Morgan fingerprint density at radius 1 is 1.48 bits per heavy atom. The number of nitrogens with one attached hydrogen (secondary N) is 1. The first kappa shape index (κ1) is 14.0. The maximum absolute atomic E-state index is 13.7. The van der Waals surface area contributed by atoms with Gasteiger partial charge < -0.3 is 4.57 Å². The molecule has 1 aromatic carbocycles. The molecule has 2 heterocycles. The number of piperidine rings is 1. The molecule has 7 heteroatoms. The Bertz CT molecular complexity index is 756. The Hall–Kier alpha value is -1.95. The van der Waals surface area contributed by atoms with Crippen molar-refractivity contribution < 1.29 is 14.0 Å². The predicted octanol–water partition coefficient (Wildman–Crippen LogP) is 2.20. The highest BCUT2D eigenvalue weighted by molar-refractivity contribution is 6.17. The van der Waals surface area contributed by atoms with Crippen molar-refractivity contribution in [2.45, 2.75) is 31.7 Å². The molecule has 0 spiro atoms. The summed E-state index contributed by atoms with van der Waals surface area (Å²) < 4.78 is 15.4. The quantitative estimate of drug-likeness (QED) is 0.683. The zero-order valence-electron chi connectivity index (χ0n) is 11.3. The number of nitrogens with zero attached hydrogens (tertiary/aromatic N) is 2. The first-order chi connectivity index (χ1) is 10.0. The molecule has 1 aliphatic heterocycles. The number of amides is 2. The number of rotatable bonds is 2. The van der Waals surface area contributed by atoms with Gasteiger partial charge in [-0.25, -0.2) is 9.37 Å². The third-order valence-electron chi connectivity index (χ3n) is 3.68. The van der Waals surface area contributed by atoms with Crippen LogP contribution in [0, 0.1) is 12.7 Å². The van der Waals surface area contributed by atoms with Crippen molar-refractivity contribution in [3.63, 3.8) is 0 Å². The smallest absolute Gasteiger partial charge is 0.249 e. The molecule has 2 amide bonds. The molecule has 0 bridgehead atoms. The normalized spacial score (nSPS) is 19.1. The summed E-state index contributed by atoms with van der Waals surface area (Å²) in [7, 11) is 0. The number of halogens is 2. The summed E-state index contributed by atoms with van der Waals surface area (Å²) in [5, 5.41) is 2.32. The Balaban J connectivity index is 2.18. The summed E-state index contributed by atoms with van der Waals surface area (Å²) in [5.41, 5.74) is 1.58. The van der Waals surface area contributed by atoms with E-state index < -0.39 is 6.04 Å². The highest BCUT2D eigenvalue weighted by Crippen LogP contribution is 2.28. The molecular formula is C14H13ClFN3O2. The lowest BCUT2D eigenvalue weighted by Crippen LogP contribution is -2.42. The molecule has 1 aliphatic rings. The second kappa shape index (κ2) is 5.11. The van der Waals surface area contributed by atoms with Crippen LogP contribution < -0.4 is 5.32 Å². The minimum Gasteiger partial charge on any atom is -0.314 e. The number of carbonyl (C=O) groups is 2. The highest BCUT2D eigenvalue weighted by atomic mass is 35.5. The second-order valence-electron chi connectivity index (χ2n) is 5.09. The van der Waals surface area contributed by atoms with Crippen LogP contribution in [0.1, 0.15) is 30.3 Å². The fourth-order valence-electron chi connectivity index (χ4n) is 2.64. The van der Waals surface area contributed by atoms with Crippen molar-refractivity contribution in [1.29, 1.82) is 0 Å². The van der Waals surface area contributed by atoms with Gasteiger partial charge >= 0.3 is 0 Å². The number of hydrogen-bond acceptors (Lipinski definition) is 3. The molecule has 1 N–H and O–H groups in total. The molecule has 0 saturated carbocycles. The van der Waals surface area contributed by atoms with Gasteiger partial charge in [-0.2, -0.15) is 0 Å². The van der Waals surface area contributed by atoms with Crippen LogP contribution in [-0.2, 0) is 15.5 Å². The van der Waals surface area contributed by atoms with E-state index in [2.05, 4.69) is 10.3 Å². The van der Waals surface area contributed by atoms with Crippen LogP contribution >= 0.6 is 11.6 Å². The van der Waals surface area contributed by atoms with Gasteiger partial charge in [0.15, 0.2) is 0 Å². The number of aromatic nitrogens is 2. The molecule has 110 valence electrons. The van der Waals surface area contributed by atoms with Crippen LogP contribution in [0.5, 0.6) is 0 Å². The summed E-state index contributed by atoms with van der Waals surface area (Å²) in [6.45, 7) is 1.65. The Morgan fingerprint density at radius 3 is 2.90 bits per heavy atom. The number of benzene rings is 1. The van der Waals surface area contributed by atoms with E-state index >= 15 is 0 Å². The van der Waals surface area contributed by atoms with Gasteiger partial charge in [-0.15, -0.1) is 11.6 Å². The van der Waals surface area contributed by atoms with Crippen molar-refractivity contribution in [3.8, 4) is 0 Å². The number of fused-ring (bicyclic) bond motifs is 1. The first-order valence-corrected chi connectivity index (χ1v) is 7.11. The summed E-state index contributed by atoms with van der Waals surface area (Å²) in [6.07, 6.45) is 0.647. The first-order valence-electron chi connectivity index (χ1n) is 6.58. The standard InChI is InChI=1S/C14H13ClFN3O2/c1-7-4-11-9(5-8(7)16)17-12(6-15)19(11)10-2-3-13(20)18-14(10)21/h4-5,10H,2-3,6H2,1H3,(H,18,20,21). The lowest BCUT2D eigenvalue weighted by atomic mass is 10.1. The lowest BCUT2D eigenvalue weighted by molar-refractivity contribution is -0.135. The Kier molecular flexibility index (Phi) is 3.41. The van der Waals surface area contributed by atoms with E-state index in [0.29, 0.717) is 28.8 Å². The molecule has 3 rings (SSSR count). The van der Waals surface area contributed by atoms with E-state index in [0.717, 1.165) is 0 Å². The van der Waals surface area contributed by atoms with Gasteiger partial charge in [0.25, 0.3) is 0 Å². The van der Waals surface area contributed by atoms with Crippen LogP contribution in [0.2, 0.25) is 0 Å². The zero-order chi connectivity index (χ0) is 15.1. The Labute approximate surface area is 125 Å². The van der Waals surface area contributed by atoms with Gasteiger partial charge in [0.1, 0.15) is 17.7 Å². The predicted molar refractivity (Wildman–Crippen MR) is 75.4 cm³/mol. The summed E-state index contributed by atoms with van der Waals surface area (Å²) >= 11 is 5.90. The molecular weight excluding hydrogens is 297 g/mol. The molecule has 1 atom stereocenters. The third kappa shape index (κ3) is 2.29. The number of aryl methyl sites for hydroxylation is 1. The molecule has 1 saturated heterocycles. The molecule has 0 aliphatic carbocycles. The molecule has 21 heavy (non-hydrogen) atoms. The summed E-state index contributed by atoms with van der Waals surface area (Å²) in [4.78, 5) is 27.6. The maximum atomic E-state index is 13.7. The van der Waals surface area contributed by atoms with E-state index in [9.17, 15) is 14.0 Å². The van der Waals surface area contributed by atoms with Crippen molar-refractivity contribution >= 4 is 34.4 Å². The molecule has 1 fully saturated rings. The van der Waals surface area contributed by atoms with Crippen LogP contribution in [0.3, 0.4) is 0 Å². The van der Waals surface area contributed by atoms with Crippen LogP contribution in [-0.4, -0.2) is 21.4 Å². The number of alkyl halides is 1. The number of imidazole rings is 1. The Morgan fingerprint density at radius 2 is 2.24 bits per heavy atom. The van der Waals surface area contributed by atoms with E-state index in [1.165, 1.54) is 6.07 Å². The SMILES string of the molecule is Cc1cc2c(cc1F)nc(CCl)n2C1CCC(=O)NC1=O. The highest BCUT2D eigenvalue weighted by Gasteiger charge is 2.31. The van der Waals surface area contributed by atoms with E-state index in [-0.39, 0.29) is 29.9 Å². The fraction of sp³-hybridized carbons (Fsp3) is 0.357. The van der Waals surface area contributed by atoms with E-state index in [4.69, 9.17) is 11.6 Å². The van der Waals surface area contributed by atoms with E-state index in [1.54, 1.807) is 17.6 Å². The average Bonchev–Trinajstić information content (AvgIpc) is 2.77. The van der Waals surface area contributed by atoms with Gasteiger partial charge in [0.05, 0.1) is 16.9 Å². The topological polar surface area (TPSA) is 64.0 Å². The van der Waals surface area contributed by atoms with Crippen molar-refractivity contribution in [2.24, 2.45) is 0 Å². The van der Waals surface area contributed by atoms with Crippen LogP contribution in [0.4, 0.5) is 4.39 Å².